The van der Waals surface area contributed by atoms with E-state index in [0.717, 1.165) is 30.8 Å². The molecular weight excluding hydrogens is 156 g/mol. The van der Waals surface area contributed by atoms with Crippen LogP contribution in [0, 0.1) is 0 Å². The first-order valence-corrected chi connectivity index (χ1v) is 4.17. The number of nitrogens with two attached hydrogens (primary N) is 1. The van der Waals surface area contributed by atoms with Crippen LogP contribution in [0.1, 0.15) is 30.3 Å². The average Bonchev–Trinajstić information content (AvgIpc) is 2.74. The quantitative estimate of drug-likeness (QED) is 0.715. The minimum atomic E-state index is 0.0889. The number of nitrogens with zero attached hydrogens (tertiary/aromatic N) is 1. The van der Waals surface area contributed by atoms with Crippen LogP contribution < -0.4 is 5.73 Å². The van der Waals surface area contributed by atoms with Gasteiger partial charge in [0.25, 0.3) is 0 Å². The molecule has 0 spiro atoms. The van der Waals surface area contributed by atoms with Crippen molar-refractivity contribution in [2.45, 2.75) is 25.5 Å². The Bertz CT molecular complexity index is 253. The van der Waals surface area contributed by atoms with Gasteiger partial charge in [0.15, 0.2) is 5.76 Å². The van der Waals surface area contributed by atoms with Crippen LogP contribution in [0.25, 0.3) is 0 Å². The Morgan fingerprint density at radius 2 is 2.58 bits per heavy atom. The molecule has 1 unspecified atom stereocenters. The van der Waals surface area contributed by atoms with Crippen molar-refractivity contribution < 1.29 is 9.26 Å². The maximum Gasteiger partial charge on any atom is 0.169 e. The van der Waals surface area contributed by atoms with Crippen molar-refractivity contribution in [3.05, 3.63) is 17.5 Å². The van der Waals surface area contributed by atoms with E-state index in [0.29, 0.717) is 6.54 Å². The molecule has 2 rings (SSSR count). The molecule has 4 heteroatoms. The fourth-order valence-corrected chi connectivity index (χ4v) is 1.47. The molecule has 1 fully saturated rings. The van der Waals surface area contributed by atoms with Crippen molar-refractivity contribution in [1.29, 1.82) is 0 Å². The number of hydrogen-bond acceptors (Lipinski definition) is 4. The summed E-state index contributed by atoms with van der Waals surface area (Å²) in [6.45, 7) is 1.29. The van der Waals surface area contributed by atoms with Crippen LogP contribution in [0.15, 0.2) is 10.7 Å². The average molecular weight is 168 g/mol. The lowest BCUT2D eigenvalue weighted by Crippen LogP contribution is -2.02. The first-order valence-electron chi connectivity index (χ1n) is 4.17. The predicted octanol–water partition coefficient (Wildman–Crippen LogP) is 0.985. The molecular formula is C8H12N2O2. The Morgan fingerprint density at radius 1 is 1.67 bits per heavy atom. The summed E-state index contributed by atoms with van der Waals surface area (Å²) in [6.07, 6.45) is 3.86. The molecule has 1 aromatic heterocycles. The van der Waals surface area contributed by atoms with Gasteiger partial charge in [0.1, 0.15) is 6.10 Å². The maximum absolute atomic E-state index is 5.51. The van der Waals surface area contributed by atoms with Gasteiger partial charge in [-0.05, 0) is 12.8 Å². The third-order valence-corrected chi connectivity index (χ3v) is 2.12. The molecule has 1 aliphatic rings. The lowest BCUT2D eigenvalue weighted by molar-refractivity contribution is 0.0869. The highest BCUT2D eigenvalue weighted by Crippen LogP contribution is 2.30. The molecule has 0 amide bonds. The first-order chi connectivity index (χ1) is 5.92. The molecule has 1 aliphatic heterocycles. The fraction of sp³-hybridized carbons (Fsp3) is 0.625. The lowest BCUT2D eigenvalue weighted by atomic mass is 10.1. The van der Waals surface area contributed by atoms with Crippen molar-refractivity contribution in [3.63, 3.8) is 0 Å². The van der Waals surface area contributed by atoms with E-state index in [1.165, 1.54) is 0 Å². The van der Waals surface area contributed by atoms with Crippen molar-refractivity contribution in [2.75, 3.05) is 6.61 Å². The topological polar surface area (TPSA) is 61.3 Å². The van der Waals surface area contributed by atoms with Crippen LogP contribution in [0.3, 0.4) is 0 Å². The molecule has 1 aromatic rings. The summed E-state index contributed by atoms with van der Waals surface area (Å²) in [7, 11) is 0. The van der Waals surface area contributed by atoms with Crippen LogP contribution >= 0.6 is 0 Å². The minimum absolute atomic E-state index is 0.0889. The van der Waals surface area contributed by atoms with Crippen LogP contribution in [0.4, 0.5) is 0 Å². The molecule has 1 atom stereocenters. The third kappa shape index (κ3) is 1.23. The smallest absolute Gasteiger partial charge is 0.169 e. The van der Waals surface area contributed by atoms with Crippen molar-refractivity contribution >= 4 is 0 Å². The number of hydrogen-bond donors (Lipinski definition) is 1. The fourth-order valence-electron chi connectivity index (χ4n) is 1.47. The molecule has 0 bridgehead atoms. The predicted molar refractivity (Wildman–Crippen MR) is 42.3 cm³/mol. The zero-order chi connectivity index (χ0) is 8.39. The summed E-state index contributed by atoms with van der Waals surface area (Å²) < 4.78 is 10.5. The highest BCUT2D eigenvalue weighted by molar-refractivity contribution is 5.15. The highest BCUT2D eigenvalue weighted by atomic mass is 16.5. The maximum atomic E-state index is 5.51. The summed E-state index contributed by atoms with van der Waals surface area (Å²) in [4.78, 5) is 0. The van der Waals surface area contributed by atoms with E-state index in [1.807, 2.05) is 0 Å². The second kappa shape index (κ2) is 3.25. The van der Waals surface area contributed by atoms with Gasteiger partial charge in [-0.15, -0.1) is 0 Å². The van der Waals surface area contributed by atoms with E-state index in [-0.39, 0.29) is 6.10 Å². The Kier molecular flexibility index (Phi) is 2.10. The van der Waals surface area contributed by atoms with E-state index < -0.39 is 0 Å². The zero-order valence-corrected chi connectivity index (χ0v) is 6.82. The van der Waals surface area contributed by atoms with Gasteiger partial charge in [-0.25, -0.2) is 0 Å². The van der Waals surface area contributed by atoms with Gasteiger partial charge in [0.2, 0.25) is 0 Å². The van der Waals surface area contributed by atoms with E-state index in [1.54, 1.807) is 6.20 Å². The number of aromatic nitrogens is 1. The van der Waals surface area contributed by atoms with Crippen molar-refractivity contribution in [1.82, 2.24) is 5.16 Å². The normalized spacial score (nSPS) is 23.2. The minimum Gasteiger partial charge on any atom is -0.370 e. The molecule has 4 nitrogen and oxygen atoms in total. The van der Waals surface area contributed by atoms with Gasteiger partial charge in [-0.2, -0.15) is 0 Å². The summed E-state index contributed by atoms with van der Waals surface area (Å²) >= 11 is 0. The SMILES string of the molecule is NCc1cnoc1C1CCCO1. The van der Waals surface area contributed by atoms with E-state index in [9.17, 15) is 0 Å². The van der Waals surface area contributed by atoms with Crippen LogP contribution in [0.2, 0.25) is 0 Å². The first kappa shape index (κ1) is 7.76. The van der Waals surface area contributed by atoms with Gasteiger partial charge in [-0.3, -0.25) is 0 Å². The van der Waals surface area contributed by atoms with Crippen molar-refractivity contribution in [3.8, 4) is 0 Å². The van der Waals surface area contributed by atoms with Crippen LogP contribution in [-0.4, -0.2) is 11.8 Å². The molecule has 66 valence electrons. The molecule has 0 aliphatic carbocycles. The van der Waals surface area contributed by atoms with Crippen LogP contribution in [-0.2, 0) is 11.3 Å². The van der Waals surface area contributed by atoms with Crippen molar-refractivity contribution in [2.24, 2.45) is 5.73 Å². The molecule has 2 heterocycles. The summed E-state index contributed by atoms with van der Waals surface area (Å²) in [5, 5.41) is 3.70. The van der Waals surface area contributed by atoms with Gasteiger partial charge >= 0.3 is 0 Å². The molecule has 0 aromatic carbocycles. The Morgan fingerprint density at radius 3 is 3.25 bits per heavy atom. The van der Waals surface area contributed by atoms with E-state index >= 15 is 0 Å². The van der Waals surface area contributed by atoms with Gasteiger partial charge < -0.3 is 15.0 Å². The summed E-state index contributed by atoms with van der Waals surface area (Å²) in [5.41, 5.74) is 6.47. The largest absolute Gasteiger partial charge is 0.370 e. The summed E-state index contributed by atoms with van der Waals surface area (Å²) in [6, 6.07) is 0. The summed E-state index contributed by atoms with van der Waals surface area (Å²) in [5.74, 6) is 0.815. The zero-order valence-electron chi connectivity index (χ0n) is 6.82. The van der Waals surface area contributed by atoms with Crippen LogP contribution in [0.5, 0.6) is 0 Å². The highest BCUT2D eigenvalue weighted by Gasteiger charge is 2.23. The monoisotopic (exact) mass is 168 g/mol. The molecule has 1 saturated heterocycles. The van der Waals surface area contributed by atoms with E-state index in [4.69, 9.17) is 15.0 Å². The van der Waals surface area contributed by atoms with Gasteiger partial charge in [-0.1, -0.05) is 5.16 Å². The second-order valence-electron chi connectivity index (χ2n) is 2.92. The molecule has 2 N–H and O–H groups in total. The Hall–Kier alpha value is -0.870. The Balaban J connectivity index is 2.19. The standard InChI is InChI=1S/C8H12N2O2/c9-4-6-5-10-12-8(6)7-2-1-3-11-7/h5,7H,1-4,9H2. The second-order valence-corrected chi connectivity index (χ2v) is 2.92. The molecule has 0 saturated carbocycles. The Labute approximate surface area is 70.7 Å². The third-order valence-electron chi connectivity index (χ3n) is 2.12. The van der Waals surface area contributed by atoms with E-state index in [2.05, 4.69) is 5.16 Å². The number of ether oxygens (including phenoxy) is 1. The molecule has 12 heavy (non-hydrogen) atoms. The van der Waals surface area contributed by atoms with Gasteiger partial charge in [0.05, 0.1) is 6.20 Å². The molecule has 0 radical (unpaired) electrons. The number of rotatable bonds is 2. The lowest BCUT2D eigenvalue weighted by Gasteiger charge is -2.05. The van der Waals surface area contributed by atoms with Gasteiger partial charge in [0, 0.05) is 18.7 Å².